The van der Waals surface area contributed by atoms with Crippen molar-refractivity contribution in [2.24, 2.45) is 4.99 Å². The summed E-state index contributed by atoms with van der Waals surface area (Å²) >= 11 is 1.62. The van der Waals surface area contributed by atoms with E-state index in [1.165, 1.54) is 6.07 Å². The highest BCUT2D eigenvalue weighted by atomic mass is 32.2. The van der Waals surface area contributed by atoms with E-state index in [0.29, 0.717) is 17.4 Å². The highest BCUT2D eigenvalue weighted by molar-refractivity contribution is 8.15. The summed E-state index contributed by atoms with van der Waals surface area (Å²) in [4.78, 5) is 15.4. The summed E-state index contributed by atoms with van der Waals surface area (Å²) in [7, 11) is 0. The number of nitrogens with zero attached hydrogens (tertiary/aromatic N) is 4. The van der Waals surface area contributed by atoms with Gasteiger partial charge in [-0.15, -0.1) is 0 Å². The van der Waals surface area contributed by atoms with E-state index >= 15 is 0 Å². The van der Waals surface area contributed by atoms with E-state index in [-0.39, 0.29) is 42.7 Å². The summed E-state index contributed by atoms with van der Waals surface area (Å²) in [5, 5.41) is 13.4. The maximum absolute atomic E-state index is 13.5. The third-order valence-corrected chi connectivity index (χ3v) is 7.53. The van der Waals surface area contributed by atoms with Crippen molar-refractivity contribution in [2.45, 2.75) is 56.6 Å². The van der Waals surface area contributed by atoms with Gasteiger partial charge >= 0.3 is 6.18 Å². The minimum Gasteiger partial charge on any atom is -0.493 e. The van der Waals surface area contributed by atoms with Gasteiger partial charge in [-0.1, -0.05) is 18.7 Å². The molecule has 0 bridgehead atoms. The molecule has 2 N–H and O–H groups in total. The zero-order valence-corrected chi connectivity index (χ0v) is 20.6. The Morgan fingerprint density at radius 1 is 1.26 bits per heavy atom. The molecule has 1 fully saturated rings. The molecule has 2 unspecified atom stereocenters. The number of rotatable bonds is 9. The lowest BCUT2D eigenvalue weighted by atomic mass is 10.2. The van der Waals surface area contributed by atoms with Gasteiger partial charge in [-0.3, -0.25) is 9.89 Å². The monoisotopic (exact) mass is 509 g/mol. The van der Waals surface area contributed by atoms with Gasteiger partial charge in [-0.2, -0.15) is 13.2 Å². The number of nitrogens with one attached hydrogen (secondary N) is 1. The standard InChI is InChI=1S/C24H30F3N5O2S/c1-15-16(2)35-22(29-15)21-6-7-28-23(31-21)30-18-11-17(24(25,26)27)12-20(13-18)34-10-4-9-32-8-3-5-19(32)14-33/h6-7,11-13,15-16,19,33H,3-5,8-10,14H2,1-2H3,(H,28,30,31)/t15?,16?,19-/m0/s1. The molecule has 2 aliphatic heterocycles. The third kappa shape index (κ3) is 6.65. The lowest BCUT2D eigenvalue weighted by Gasteiger charge is -2.22. The number of aliphatic imine (C=N–C) groups is 1. The van der Waals surface area contributed by atoms with Crippen LogP contribution in [0.4, 0.5) is 24.8 Å². The molecule has 35 heavy (non-hydrogen) atoms. The maximum Gasteiger partial charge on any atom is 0.416 e. The summed E-state index contributed by atoms with van der Waals surface area (Å²) in [5.74, 6) is 0.310. The fraction of sp³-hybridized carbons (Fsp3) is 0.542. The Balaban J connectivity index is 1.44. The van der Waals surface area contributed by atoms with E-state index in [0.717, 1.165) is 43.1 Å². The minimum atomic E-state index is -4.52. The van der Waals surface area contributed by atoms with Crippen LogP contribution in [0.5, 0.6) is 5.75 Å². The molecule has 1 aromatic heterocycles. The van der Waals surface area contributed by atoms with Crippen LogP contribution in [0, 0.1) is 0 Å². The zero-order valence-electron chi connectivity index (χ0n) is 19.8. The average molecular weight is 510 g/mol. The van der Waals surface area contributed by atoms with Crippen LogP contribution in [0.15, 0.2) is 35.5 Å². The second-order valence-electron chi connectivity index (χ2n) is 8.85. The van der Waals surface area contributed by atoms with Crippen LogP contribution in [0.25, 0.3) is 0 Å². The van der Waals surface area contributed by atoms with Crippen LogP contribution < -0.4 is 10.1 Å². The molecule has 1 aromatic carbocycles. The van der Waals surface area contributed by atoms with Gasteiger partial charge in [-0.25, -0.2) is 9.97 Å². The quantitative estimate of drug-likeness (QED) is 0.473. The van der Waals surface area contributed by atoms with Crippen LogP contribution >= 0.6 is 11.8 Å². The number of likely N-dealkylation sites (tertiary alicyclic amines) is 1. The Kier molecular flexibility index (Phi) is 8.18. The maximum atomic E-state index is 13.5. The van der Waals surface area contributed by atoms with Crippen LogP contribution in [-0.2, 0) is 6.18 Å². The lowest BCUT2D eigenvalue weighted by molar-refractivity contribution is -0.137. The van der Waals surface area contributed by atoms with Crippen LogP contribution in [0.2, 0.25) is 0 Å². The molecule has 0 saturated carbocycles. The second-order valence-corrected chi connectivity index (χ2v) is 10.2. The number of hydrogen-bond donors (Lipinski definition) is 2. The van der Waals surface area contributed by atoms with Gasteiger partial charge in [0.05, 0.1) is 24.8 Å². The topological polar surface area (TPSA) is 82.9 Å². The Bertz CT molecular complexity index is 1050. The number of thioether (sulfide) groups is 1. The predicted molar refractivity (Wildman–Crippen MR) is 132 cm³/mol. The number of halogens is 3. The van der Waals surface area contributed by atoms with Gasteiger partial charge in [-0.05, 0) is 50.9 Å². The summed E-state index contributed by atoms with van der Waals surface area (Å²) in [5.41, 5.74) is 0.0109. The molecule has 0 aliphatic carbocycles. The molecule has 1 saturated heterocycles. The molecule has 0 radical (unpaired) electrons. The minimum absolute atomic E-state index is 0.122. The van der Waals surface area contributed by atoms with E-state index in [9.17, 15) is 18.3 Å². The number of aliphatic hydroxyl groups excluding tert-OH is 1. The lowest BCUT2D eigenvalue weighted by Crippen LogP contribution is -2.33. The van der Waals surface area contributed by atoms with Crippen molar-refractivity contribution >= 4 is 28.4 Å². The summed E-state index contributed by atoms with van der Waals surface area (Å²) in [6, 6.07) is 5.61. The number of alkyl halides is 3. The van der Waals surface area contributed by atoms with Crippen molar-refractivity contribution in [3.8, 4) is 5.75 Å². The van der Waals surface area contributed by atoms with E-state index in [2.05, 4.69) is 32.1 Å². The molecule has 0 spiro atoms. The number of ether oxygens (including phenoxy) is 1. The fourth-order valence-corrected chi connectivity index (χ4v) is 5.23. The van der Waals surface area contributed by atoms with E-state index in [1.54, 1.807) is 24.0 Å². The Labute approximate surface area is 207 Å². The predicted octanol–water partition coefficient (Wildman–Crippen LogP) is 4.74. The van der Waals surface area contributed by atoms with Gasteiger partial charge in [0, 0.05) is 35.8 Å². The SMILES string of the molecule is CC1N=C(c2ccnc(Nc3cc(OCCCN4CCC[C@H]4CO)cc(C(F)(F)F)c3)n2)SC1C. The molecule has 2 aliphatic rings. The van der Waals surface area contributed by atoms with E-state index in [1.807, 2.05) is 6.92 Å². The highest BCUT2D eigenvalue weighted by Crippen LogP contribution is 2.35. The number of aromatic nitrogens is 2. The molecular formula is C24H30F3N5O2S. The molecule has 7 nitrogen and oxygen atoms in total. The number of hydrogen-bond acceptors (Lipinski definition) is 8. The Morgan fingerprint density at radius 3 is 2.80 bits per heavy atom. The largest absolute Gasteiger partial charge is 0.493 e. The molecule has 190 valence electrons. The van der Waals surface area contributed by atoms with Crippen molar-refractivity contribution < 1.29 is 23.0 Å². The first-order chi connectivity index (χ1) is 16.7. The molecular weight excluding hydrogens is 479 g/mol. The van der Waals surface area contributed by atoms with E-state index < -0.39 is 11.7 Å². The van der Waals surface area contributed by atoms with Gasteiger partial charge in [0.15, 0.2) is 0 Å². The first kappa shape index (κ1) is 25.7. The highest BCUT2D eigenvalue weighted by Gasteiger charge is 2.32. The van der Waals surface area contributed by atoms with Gasteiger partial charge in [0.2, 0.25) is 5.95 Å². The van der Waals surface area contributed by atoms with Crippen LogP contribution in [-0.4, -0.2) is 68.7 Å². The normalized spacial score (nSPS) is 22.9. The van der Waals surface area contributed by atoms with E-state index in [4.69, 9.17) is 4.74 Å². The molecule has 3 heterocycles. The zero-order chi connectivity index (χ0) is 25.0. The number of benzene rings is 1. The number of aliphatic hydroxyl groups is 1. The smallest absolute Gasteiger partial charge is 0.416 e. The van der Waals surface area contributed by atoms with Crippen molar-refractivity contribution in [3.05, 3.63) is 41.7 Å². The van der Waals surface area contributed by atoms with Gasteiger partial charge < -0.3 is 15.2 Å². The Hall–Kier alpha value is -2.37. The molecule has 2 aromatic rings. The van der Waals surface area contributed by atoms with Crippen molar-refractivity contribution in [1.82, 2.24) is 14.9 Å². The molecule has 0 amide bonds. The van der Waals surface area contributed by atoms with Gasteiger partial charge in [0.1, 0.15) is 16.5 Å². The third-order valence-electron chi connectivity index (χ3n) is 6.23. The van der Waals surface area contributed by atoms with Crippen LogP contribution in [0.1, 0.15) is 44.4 Å². The Morgan fingerprint density at radius 2 is 2.09 bits per heavy atom. The second kappa shape index (κ2) is 11.1. The fourth-order valence-electron chi connectivity index (χ4n) is 4.16. The van der Waals surface area contributed by atoms with Crippen molar-refractivity contribution in [3.63, 3.8) is 0 Å². The average Bonchev–Trinajstić information content (AvgIpc) is 3.42. The summed E-state index contributed by atoms with van der Waals surface area (Å²) < 4.78 is 46.3. The summed E-state index contributed by atoms with van der Waals surface area (Å²) in [6.07, 6.45) is -0.304. The van der Waals surface area contributed by atoms with Gasteiger partial charge in [0.25, 0.3) is 0 Å². The summed E-state index contributed by atoms with van der Waals surface area (Å²) in [6.45, 7) is 6.17. The molecule has 4 rings (SSSR count). The molecule has 11 heteroatoms. The van der Waals surface area contributed by atoms with Crippen molar-refractivity contribution in [2.75, 3.05) is 31.6 Å². The first-order valence-electron chi connectivity index (χ1n) is 11.8. The van der Waals surface area contributed by atoms with Crippen molar-refractivity contribution in [1.29, 1.82) is 0 Å². The van der Waals surface area contributed by atoms with Crippen LogP contribution in [0.3, 0.4) is 0 Å². The first-order valence-corrected chi connectivity index (χ1v) is 12.7. The molecule has 3 atom stereocenters. The number of anilines is 2.